The third-order valence-corrected chi connectivity index (χ3v) is 2.68. The molecule has 4 N–H and O–H groups in total. The van der Waals surface area contributed by atoms with Crippen LogP contribution in [0.5, 0.6) is 5.75 Å². The molecule has 0 radical (unpaired) electrons. The van der Waals surface area contributed by atoms with Crippen molar-refractivity contribution in [3.05, 3.63) is 54.1 Å². The summed E-state index contributed by atoms with van der Waals surface area (Å²) in [6.07, 6.45) is 0. The summed E-state index contributed by atoms with van der Waals surface area (Å²) < 4.78 is 5.25. The zero-order chi connectivity index (χ0) is 15.2. The van der Waals surface area contributed by atoms with Crippen molar-refractivity contribution in [1.29, 1.82) is 0 Å². The largest absolute Gasteiger partial charge is 0.484 e. The number of hydrogen-bond acceptors (Lipinski definition) is 4. The Kier molecular flexibility index (Phi) is 4.40. The summed E-state index contributed by atoms with van der Waals surface area (Å²) in [6, 6.07) is 13.2. The maximum atomic E-state index is 11.7. The van der Waals surface area contributed by atoms with Crippen LogP contribution in [0.25, 0.3) is 0 Å². The first-order chi connectivity index (χ1) is 10.1. The van der Waals surface area contributed by atoms with Crippen LogP contribution >= 0.6 is 0 Å². The molecule has 0 saturated heterocycles. The van der Waals surface area contributed by atoms with Crippen molar-refractivity contribution in [2.75, 3.05) is 17.7 Å². The molecule has 1 amide bonds. The van der Waals surface area contributed by atoms with Gasteiger partial charge in [-0.25, -0.2) is 4.79 Å². The molecule has 6 heteroatoms. The number of anilines is 2. The number of carboxylic acids is 1. The monoisotopic (exact) mass is 286 g/mol. The van der Waals surface area contributed by atoms with Gasteiger partial charge in [0.1, 0.15) is 5.75 Å². The molecule has 0 aliphatic rings. The Morgan fingerprint density at radius 3 is 2.52 bits per heavy atom. The first-order valence-corrected chi connectivity index (χ1v) is 6.17. The van der Waals surface area contributed by atoms with Crippen LogP contribution in [-0.4, -0.2) is 23.6 Å². The predicted molar refractivity (Wildman–Crippen MR) is 78.4 cm³/mol. The van der Waals surface area contributed by atoms with Gasteiger partial charge in [0.05, 0.1) is 5.56 Å². The van der Waals surface area contributed by atoms with E-state index in [-0.39, 0.29) is 29.5 Å². The Hall–Kier alpha value is -3.02. The van der Waals surface area contributed by atoms with Crippen molar-refractivity contribution in [2.24, 2.45) is 0 Å². The number of ether oxygens (including phenoxy) is 1. The lowest BCUT2D eigenvalue weighted by atomic mass is 10.2. The summed E-state index contributed by atoms with van der Waals surface area (Å²) in [7, 11) is 0. The molecule has 0 heterocycles. The molecule has 6 nitrogen and oxygen atoms in total. The smallest absolute Gasteiger partial charge is 0.337 e. The molecule has 0 aliphatic carbocycles. The van der Waals surface area contributed by atoms with Gasteiger partial charge in [0, 0.05) is 11.4 Å². The molecule has 0 aliphatic heterocycles. The molecular formula is C15H14N2O4. The number of carbonyl (C=O) groups is 2. The highest BCUT2D eigenvalue weighted by atomic mass is 16.5. The number of amides is 1. The number of nitrogen functional groups attached to an aromatic ring is 1. The fourth-order valence-electron chi connectivity index (χ4n) is 1.68. The summed E-state index contributed by atoms with van der Waals surface area (Å²) >= 11 is 0. The molecule has 0 spiro atoms. The standard InChI is InChI=1S/C15H14N2O4/c16-13-7-6-11(8-12(13)15(19)20)21-9-14(18)17-10-4-2-1-3-5-10/h1-8H,9,16H2,(H,17,18)(H,19,20). The molecule has 0 saturated carbocycles. The second-order valence-electron chi connectivity index (χ2n) is 4.26. The average molecular weight is 286 g/mol. The lowest BCUT2D eigenvalue weighted by molar-refractivity contribution is -0.118. The number of para-hydroxylation sites is 1. The van der Waals surface area contributed by atoms with Gasteiger partial charge < -0.3 is 20.9 Å². The van der Waals surface area contributed by atoms with Crippen LogP contribution in [0.3, 0.4) is 0 Å². The van der Waals surface area contributed by atoms with Crippen molar-refractivity contribution in [2.45, 2.75) is 0 Å². The molecule has 0 bridgehead atoms. The molecule has 2 rings (SSSR count). The number of benzene rings is 2. The van der Waals surface area contributed by atoms with Crippen LogP contribution < -0.4 is 15.8 Å². The number of nitrogens with one attached hydrogen (secondary N) is 1. The fourth-order valence-corrected chi connectivity index (χ4v) is 1.68. The minimum absolute atomic E-state index is 0.0593. The normalized spacial score (nSPS) is 9.90. The number of rotatable bonds is 5. The van der Waals surface area contributed by atoms with E-state index >= 15 is 0 Å². The lowest BCUT2D eigenvalue weighted by Crippen LogP contribution is -2.20. The summed E-state index contributed by atoms with van der Waals surface area (Å²) in [5, 5.41) is 11.6. The highest BCUT2D eigenvalue weighted by Gasteiger charge is 2.10. The maximum absolute atomic E-state index is 11.7. The van der Waals surface area contributed by atoms with Gasteiger partial charge in [-0.1, -0.05) is 18.2 Å². The van der Waals surface area contributed by atoms with E-state index in [4.69, 9.17) is 15.6 Å². The number of carbonyl (C=O) groups excluding carboxylic acids is 1. The van der Waals surface area contributed by atoms with E-state index in [1.54, 1.807) is 24.3 Å². The lowest BCUT2D eigenvalue weighted by Gasteiger charge is -2.09. The number of aromatic carboxylic acids is 1. The third kappa shape index (κ3) is 3.97. The summed E-state index contributed by atoms with van der Waals surface area (Å²) in [5.41, 5.74) is 6.28. The van der Waals surface area contributed by atoms with Crippen LogP contribution in [0.2, 0.25) is 0 Å². The molecule has 0 atom stereocenters. The van der Waals surface area contributed by atoms with Crippen molar-refractivity contribution < 1.29 is 19.4 Å². The Labute approximate surface area is 121 Å². The van der Waals surface area contributed by atoms with Crippen LogP contribution in [0, 0.1) is 0 Å². The van der Waals surface area contributed by atoms with Crippen LogP contribution in [0.1, 0.15) is 10.4 Å². The molecule has 108 valence electrons. The van der Waals surface area contributed by atoms with Crippen molar-refractivity contribution >= 4 is 23.3 Å². The third-order valence-electron chi connectivity index (χ3n) is 2.68. The summed E-state index contributed by atoms with van der Waals surface area (Å²) in [6.45, 7) is -0.224. The van der Waals surface area contributed by atoms with Crippen molar-refractivity contribution in [3.63, 3.8) is 0 Å². The molecule has 2 aromatic rings. The Morgan fingerprint density at radius 2 is 1.86 bits per heavy atom. The molecule has 2 aromatic carbocycles. The van der Waals surface area contributed by atoms with E-state index in [2.05, 4.69) is 5.32 Å². The maximum Gasteiger partial charge on any atom is 0.337 e. The summed E-state index contributed by atoms with van der Waals surface area (Å²) in [4.78, 5) is 22.6. The summed E-state index contributed by atoms with van der Waals surface area (Å²) in [5.74, 6) is -1.22. The topological polar surface area (TPSA) is 102 Å². The fraction of sp³-hybridized carbons (Fsp3) is 0.0667. The van der Waals surface area contributed by atoms with Gasteiger partial charge in [-0.2, -0.15) is 0 Å². The molecule has 21 heavy (non-hydrogen) atoms. The van der Waals surface area contributed by atoms with Crippen LogP contribution in [-0.2, 0) is 4.79 Å². The molecule has 0 fully saturated rings. The predicted octanol–water partition coefficient (Wildman–Crippen LogP) is 1.98. The average Bonchev–Trinajstić information content (AvgIpc) is 2.47. The SMILES string of the molecule is Nc1ccc(OCC(=O)Nc2ccccc2)cc1C(=O)O. The number of nitrogens with two attached hydrogens (primary N) is 1. The zero-order valence-electron chi connectivity index (χ0n) is 11.1. The van der Waals surface area contributed by atoms with E-state index in [1.165, 1.54) is 18.2 Å². The Balaban J connectivity index is 1.95. The second kappa shape index (κ2) is 6.42. The Morgan fingerprint density at radius 1 is 1.14 bits per heavy atom. The van der Waals surface area contributed by atoms with E-state index in [9.17, 15) is 9.59 Å². The minimum atomic E-state index is -1.15. The van der Waals surface area contributed by atoms with Gasteiger partial charge in [0.15, 0.2) is 6.61 Å². The van der Waals surface area contributed by atoms with Crippen LogP contribution in [0.4, 0.5) is 11.4 Å². The quantitative estimate of drug-likeness (QED) is 0.729. The van der Waals surface area contributed by atoms with Gasteiger partial charge in [-0.3, -0.25) is 4.79 Å². The zero-order valence-corrected chi connectivity index (χ0v) is 11.1. The molecule has 0 unspecified atom stereocenters. The van der Waals surface area contributed by atoms with E-state index in [0.29, 0.717) is 5.69 Å². The molecular weight excluding hydrogens is 272 g/mol. The van der Waals surface area contributed by atoms with Gasteiger partial charge in [0.25, 0.3) is 5.91 Å². The molecule has 0 aromatic heterocycles. The van der Waals surface area contributed by atoms with Crippen molar-refractivity contribution in [3.8, 4) is 5.75 Å². The number of carboxylic acid groups (broad SMARTS) is 1. The van der Waals surface area contributed by atoms with Gasteiger partial charge in [-0.15, -0.1) is 0 Å². The first-order valence-electron chi connectivity index (χ1n) is 6.17. The second-order valence-corrected chi connectivity index (χ2v) is 4.26. The first kappa shape index (κ1) is 14.4. The van der Waals surface area contributed by atoms with Gasteiger partial charge in [-0.05, 0) is 30.3 Å². The van der Waals surface area contributed by atoms with E-state index < -0.39 is 5.97 Å². The van der Waals surface area contributed by atoms with Crippen molar-refractivity contribution in [1.82, 2.24) is 0 Å². The number of hydrogen-bond donors (Lipinski definition) is 3. The van der Waals surface area contributed by atoms with E-state index in [0.717, 1.165) is 0 Å². The van der Waals surface area contributed by atoms with Gasteiger partial charge in [0.2, 0.25) is 0 Å². The minimum Gasteiger partial charge on any atom is -0.484 e. The highest BCUT2D eigenvalue weighted by Crippen LogP contribution is 2.19. The highest BCUT2D eigenvalue weighted by molar-refractivity contribution is 5.94. The Bertz CT molecular complexity index is 656. The van der Waals surface area contributed by atoms with Crippen LogP contribution in [0.15, 0.2) is 48.5 Å². The van der Waals surface area contributed by atoms with E-state index in [1.807, 2.05) is 6.07 Å². The van der Waals surface area contributed by atoms with Gasteiger partial charge >= 0.3 is 5.97 Å².